The first-order chi connectivity index (χ1) is 15.9. The number of aryl methyl sites for hydroxylation is 1. The van der Waals surface area contributed by atoms with E-state index in [2.05, 4.69) is 15.7 Å². The van der Waals surface area contributed by atoms with Crippen LogP contribution >= 0.6 is 0 Å². The smallest absolute Gasteiger partial charge is 0.342 e. The lowest BCUT2D eigenvalue weighted by molar-refractivity contribution is -0.123. The first kappa shape index (κ1) is 21.9. The molecule has 1 aliphatic rings. The third kappa shape index (κ3) is 4.95. The van der Waals surface area contributed by atoms with Gasteiger partial charge < -0.3 is 19.5 Å². The van der Waals surface area contributed by atoms with Gasteiger partial charge in [-0.2, -0.15) is 5.10 Å². The summed E-state index contributed by atoms with van der Waals surface area (Å²) in [4.78, 5) is 36.8. The molecule has 0 radical (unpaired) electrons. The van der Waals surface area contributed by atoms with Gasteiger partial charge in [-0.3, -0.25) is 10.1 Å². The maximum Gasteiger partial charge on any atom is 0.342 e. The van der Waals surface area contributed by atoms with E-state index in [-0.39, 0.29) is 5.56 Å². The maximum absolute atomic E-state index is 12.6. The molecule has 1 aliphatic heterocycles. The second-order valence-electron chi connectivity index (χ2n) is 7.23. The first-order valence-electron chi connectivity index (χ1n) is 10.2. The third-order valence-electron chi connectivity index (χ3n) is 4.88. The highest BCUT2D eigenvalue weighted by Crippen LogP contribution is 2.32. The number of esters is 1. The molecule has 2 aromatic carbocycles. The minimum absolute atomic E-state index is 0.271. The van der Waals surface area contributed by atoms with E-state index in [1.54, 1.807) is 36.7 Å². The molecular formula is C23H22N4O6. The van der Waals surface area contributed by atoms with Gasteiger partial charge in [-0.1, -0.05) is 18.2 Å². The summed E-state index contributed by atoms with van der Waals surface area (Å²) in [5.74, 6) is -0.392. The van der Waals surface area contributed by atoms with Crippen molar-refractivity contribution in [3.63, 3.8) is 0 Å². The number of imide groups is 1. The number of para-hydroxylation sites is 1. The molecule has 2 heterocycles. The zero-order valence-electron chi connectivity index (χ0n) is 18.1. The number of nitrogens with zero attached hydrogens (tertiary/aromatic N) is 2. The molecule has 2 N–H and O–H groups in total. The molecule has 0 aliphatic carbocycles. The highest BCUT2D eigenvalue weighted by Gasteiger charge is 2.22. The predicted octanol–water partition coefficient (Wildman–Crippen LogP) is 2.77. The van der Waals surface area contributed by atoms with E-state index in [1.807, 2.05) is 30.3 Å². The second-order valence-corrected chi connectivity index (χ2v) is 7.23. The fourth-order valence-electron chi connectivity index (χ4n) is 3.41. The van der Waals surface area contributed by atoms with Gasteiger partial charge >= 0.3 is 12.0 Å². The number of aromatic nitrogens is 2. The monoisotopic (exact) mass is 450 g/mol. The van der Waals surface area contributed by atoms with E-state index in [0.717, 1.165) is 5.69 Å². The maximum atomic E-state index is 12.6. The standard InChI is InChI=1S/C23H22N4O6/c1-14-21(15(2)27(26-14)17-6-4-3-5-7-17)22(29)33-13-20(28)25-23(30)24-16-8-9-18-19(12-16)32-11-10-31-18/h3-9,12H,10-11,13H2,1-2H3,(H2,24,25,28,30). The number of ether oxygens (including phenoxy) is 3. The highest BCUT2D eigenvalue weighted by molar-refractivity contribution is 6.02. The van der Waals surface area contributed by atoms with Crippen LogP contribution in [-0.4, -0.2) is 47.5 Å². The highest BCUT2D eigenvalue weighted by atomic mass is 16.6. The molecule has 10 heteroatoms. The van der Waals surface area contributed by atoms with Crippen molar-refractivity contribution < 1.29 is 28.6 Å². The Kier molecular flexibility index (Phi) is 6.25. The van der Waals surface area contributed by atoms with Crippen molar-refractivity contribution in [2.75, 3.05) is 25.1 Å². The molecule has 0 bridgehead atoms. The van der Waals surface area contributed by atoms with Crippen LogP contribution < -0.4 is 20.1 Å². The number of nitrogens with one attached hydrogen (secondary N) is 2. The summed E-state index contributed by atoms with van der Waals surface area (Å²) in [5, 5.41) is 9.02. The van der Waals surface area contributed by atoms with Gasteiger partial charge in [-0.05, 0) is 38.1 Å². The predicted molar refractivity (Wildman–Crippen MR) is 118 cm³/mol. The fourth-order valence-corrected chi connectivity index (χ4v) is 3.41. The molecule has 10 nitrogen and oxygen atoms in total. The number of hydrogen-bond donors (Lipinski definition) is 2. The second kappa shape index (κ2) is 9.43. The van der Waals surface area contributed by atoms with E-state index in [1.165, 1.54) is 0 Å². The number of carbonyl (C=O) groups is 3. The molecule has 0 spiro atoms. The number of benzene rings is 2. The van der Waals surface area contributed by atoms with Crippen molar-refractivity contribution in [1.29, 1.82) is 0 Å². The van der Waals surface area contributed by atoms with Crippen molar-refractivity contribution in [1.82, 2.24) is 15.1 Å². The topological polar surface area (TPSA) is 121 Å². The van der Waals surface area contributed by atoms with Gasteiger partial charge in [-0.15, -0.1) is 0 Å². The Bertz CT molecular complexity index is 1210. The van der Waals surface area contributed by atoms with Gasteiger partial charge in [0.2, 0.25) is 0 Å². The summed E-state index contributed by atoms with van der Waals surface area (Å²) in [6, 6.07) is 13.4. The summed E-state index contributed by atoms with van der Waals surface area (Å²) in [6.45, 7) is 3.67. The lowest BCUT2D eigenvalue weighted by Crippen LogP contribution is -2.37. The van der Waals surface area contributed by atoms with Crippen molar-refractivity contribution in [2.24, 2.45) is 0 Å². The quantitative estimate of drug-likeness (QED) is 0.574. The summed E-state index contributed by atoms with van der Waals surface area (Å²) in [5.41, 5.74) is 2.54. The normalized spacial score (nSPS) is 12.1. The van der Waals surface area contributed by atoms with E-state index in [0.29, 0.717) is 41.8 Å². The number of anilines is 1. The molecule has 1 aromatic heterocycles. The van der Waals surface area contributed by atoms with Gasteiger partial charge in [0.25, 0.3) is 5.91 Å². The minimum Gasteiger partial charge on any atom is -0.486 e. The van der Waals surface area contributed by atoms with Crippen LogP contribution in [0.25, 0.3) is 5.69 Å². The Balaban J connectivity index is 1.32. The SMILES string of the molecule is Cc1nn(-c2ccccc2)c(C)c1C(=O)OCC(=O)NC(=O)Nc1ccc2c(c1)OCCO2. The lowest BCUT2D eigenvalue weighted by Gasteiger charge is -2.19. The molecule has 0 fully saturated rings. The van der Waals surface area contributed by atoms with Gasteiger partial charge in [0.1, 0.15) is 18.8 Å². The van der Waals surface area contributed by atoms with Crippen LogP contribution in [0, 0.1) is 13.8 Å². The van der Waals surface area contributed by atoms with E-state index < -0.39 is 24.5 Å². The third-order valence-corrected chi connectivity index (χ3v) is 4.88. The van der Waals surface area contributed by atoms with E-state index >= 15 is 0 Å². The average molecular weight is 450 g/mol. The van der Waals surface area contributed by atoms with Crippen LogP contribution in [0.4, 0.5) is 10.5 Å². The number of amides is 3. The van der Waals surface area contributed by atoms with E-state index in [4.69, 9.17) is 14.2 Å². The van der Waals surface area contributed by atoms with Crippen LogP contribution in [0.2, 0.25) is 0 Å². The van der Waals surface area contributed by atoms with Crippen molar-refractivity contribution in [2.45, 2.75) is 13.8 Å². The van der Waals surface area contributed by atoms with Crippen LogP contribution in [0.1, 0.15) is 21.7 Å². The van der Waals surface area contributed by atoms with Gasteiger partial charge in [0.15, 0.2) is 18.1 Å². The lowest BCUT2D eigenvalue weighted by atomic mass is 10.2. The van der Waals surface area contributed by atoms with Crippen LogP contribution in [0.15, 0.2) is 48.5 Å². The largest absolute Gasteiger partial charge is 0.486 e. The Morgan fingerprint density at radius 1 is 1.03 bits per heavy atom. The number of rotatable bonds is 5. The molecule has 0 saturated carbocycles. The van der Waals surface area contributed by atoms with Gasteiger partial charge in [0, 0.05) is 11.8 Å². The zero-order chi connectivity index (χ0) is 23.4. The molecule has 170 valence electrons. The van der Waals surface area contributed by atoms with Crippen LogP contribution in [0.3, 0.4) is 0 Å². The Morgan fingerprint density at radius 2 is 1.76 bits per heavy atom. The number of urea groups is 1. The van der Waals surface area contributed by atoms with Crippen LogP contribution in [-0.2, 0) is 9.53 Å². The number of fused-ring (bicyclic) bond motifs is 1. The van der Waals surface area contributed by atoms with Gasteiger partial charge in [0.05, 0.1) is 17.1 Å². The molecule has 33 heavy (non-hydrogen) atoms. The van der Waals surface area contributed by atoms with E-state index in [9.17, 15) is 14.4 Å². The molecule has 0 saturated heterocycles. The van der Waals surface area contributed by atoms with Crippen molar-refractivity contribution in [3.05, 3.63) is 65.5 Å². The van der Waals surface area contributed by atoms with Crippen molar-refractivity contribution in [3.8, 4) is 17.2 Å². The van der Waals surface area contributed by atoms with Crippen molar-refractivity contribution >= 4 is 23.6 Å². The van der Waals surface area contributed by atoms with Gasteiger partial charge in [-0.25, -0.2) is 14.3 Å². The Hall–Kier alpha value is -4.34. The molecule has 3 amide bonds. The summed E-state index contributed by atoms with van der Waals surface area (Å²) in [6.07, 6.45) is 0. The van der Waals surface area contributed by atoms with Crippen LogP contribution in [0.5, 0.6) is 11.5 Å². The summed E-state index contributed by atoms with van der Waals surface area (Å²) >= 11 is 0. The average Bonchev–Trinajstić information content (AvgIpc) is 3.11. The first-order valence-corrected chi connectivity index (χ1v) is 10.2. The molecular weight excluding hydrogens is 428 g/mol. The zero-order valence-corrected chi connectivity index (χ0v) is 18.1. The molecule has 0 unspecified atom stereocenters. The Morgan fingerprint density at radius 3 is 2.52 bits per heavy atom. The number of carbonyl (C=O) groups excluding carboxylic acids is 3. The molecule has 4 rings (SSSR count). The fraction of sp³-hybridized carbons (Fsp3) is 0.217. The Labute approximate surface area is 189 Å². The minimum atomic E-state index is -0.774. The number of hydrogen-bond acceptors (Lipinski definition) is 7. The summed E-state index contributed by atoms with van der Waals surface area (Å²) in [7, 11) is 0. The molecule has 3 aromatic rings. The summed E-state index contributed by atoms with van der Waals surface area (Å²) < 4.78 is 17.6. The molecule has 0 atom stereocenters.